The van der Waals surface area contributed by atoms with Gasteiger partial charge in [0.15, 0.2) is 0 Å². The normalized spacial score (nSPS) is 16.5. The van der Waals surface area contributed by atoms with Gasteiger partial charge in [-0.05, 0) is 5.56 Å². The maximum atomic E-state index is 3.76. The van der Waals surface area contributed by atoms with Crippen LogP contribution in [0.4, 0.5) is 0 Å². The van der Waals surface area contributed by atoms with Gasteiger partial charge in [0.2, 0.25) is 0 Å². The summed E-state index contributed by atoms with van der Waals surface area (Å²) in [5.41, 5.74) is 6.44. The van der Waals surface area contributed by atoms with Crippen molar-refractivity contribution in [2.24, 2.45) is 0 Å². The van der Waals surface area contributed by atoms with Crippen molar-refractivity contribution in [1.29, 1.82) is 0 Å². The van der Waals surface area contributed by atoms with Gasteiger partial charge >= 0.3 is 30.2 Å². The van der Waals surface area contributed by atoms with E-state index in [9.17, 15) is 0 Å². The second-order valence-corrected chi connectivity index (χ2v) is 5.88. The maximum absolute atomic E-state index is 3.76. The van der Waals surface area contributed by atoms with Crippen molar-refractivity contribution in [3.63, 3.8) is 0 Å². The van der Waals surface area contributed by atoms with E-state index in [0.717, 1.165) is 6.42 Å². The number of hydrogen-bond acceptors (Lipinski definition) is 0. The summed E-state index contributed by atoms with van der Waals surface area (Å²) in [5.74, 6) is 0. The molecule has 3 aliphatic carbocycles. The Morgan fingerprint density at radius 1 is 1.12 bits per heavy atom. The summed E-state index contributed by atoms with van der Waals surface area (Å²) in [6, 6.07) is 8.50. The first-order valence-corrected chi connectivity index (χ1v) is 12.1. The summed E-state index contributed by atoms with van der Waals surface area (Å²) in [6.45, 7) is 5.16. The Morgan fingerprint density at radius 3 is 2.31 bits per heavy atom. The molecule has 0 heterocycles. The van der Waals surface area contributed by atoms with Gasteiger partial charge in [0.25, 0.3) is 0 Å². The molecule has 0 fully saturated rings. The zero-order valence-electron chi connectivity index (χ0n) is 15.2. The number of fused-ring (bicyclic) bond motifs is 2. The summed E-state index contributed by atoms with van der Waals surface area (Å²) in [7, 11) is 0. The summed E-state index contributed by atoms with van der Waals surface area (Å²) in [4.78, 5) is 0.318. The molecule has 1 aromatic rings. The topological polar surface area (TPSA) is 0 Å². The fourth-order valence-electron chi connectivity index (χ4n) is 2.50. The number of halogens is 3. The molecule has 0 amide bonds. The van der Waals surface area contributed by atoms with E-state index < -0.39 is 0 Å². The van der Waals surface area contributed by atoms with E-state index in [1.165, 1.54) is 51.2 Å². The van der Waals surface area contributed by atoms with Gasteiger partial charge in [-0.1, -0.05) is 52.7 Å². The zero-order chi connectivity index (χ0) is 15.9. The van der Waals surface area contributed by atoms with Crippen LogP contribution in [0.25, 0.3) is 6.08 Å². The van der Waals surface area contributed by atoms with Crippen LogP contribution in [0.3, 0.4) is 0 Å². The van der Waals surface area contributed by atoms with Crippen molar-refractivity contribution in [3.05, 3.63) is 103 Å². The van der Waals surface area contributed by atoms with Crippen LogP contribution in [-0.4, -0.2) is 6.88 Å². The third kappa shape index (κ3) is 7.98. The molecule has 0 aromatic heterocycles. The quantitative estimate of drug-likeness (QED) is 0.190. The van der Waals surface area contributed by atoms with E-state index in [1.54, 1.807) is 0 Å². The molecule has 5 heteroatoms. The van der Waals surface area contributed by atoms with Crippen molar-refractivity contribution in [1.82, 2.24) is 0 Å². The molecule has 2 radical (unpaired) electrons. The van der Waals surface area contributed by atoms with Gasteiger partial charge < -0.3 is 14.9 Å². The second-order valence-electron chi connectivity index (χ2n) is 4.96. The molecule has 1 atom stereocenters. The second kappa shape index (κ2) is 16.1. The number of allylic oxidation sites excluding steroid dienone is 9. The van der Waals surface area contributed by atoms with Crippen molar-refractivity contribution in [2.75, 3.05) is 0 Å². The van der Waals surface area contributed by atoms with E-state index in [2.05, 4.69) is 84.4 Å². The van der Waals surface area contributed by atoms with Crippen molar-refractivity contribution in [3.8, 4) is 0 Å². The third-order valence-electron chi connectivity index (χ3n) is 3.44. The standard InChI is InChI=1S/C14H10Br.C5H5.2CH3.2ClH.Si.Zr/c1-9-6-11-8-10-4-2-3-5-12(10)14(15)13(11)7-9;1-2-4-5-3-1;;;;;;/h2-5,7-8,14H,1H3;1-3H,4H2;2*1H3;2*1H;;/q4*-1;;;;. The van der Waals surface area contributed by atoms with Gasteiger partial charge in [-0.3, -0.25) is 6.08 Å². The Labute approximate surface area is 197 Å². The van der Waals surface area contributed by atoms with E-state index in [-0.39, 0.29) is 39.7 Å². The molecular weight excluding hydrogens is 522 g/mol. The average molecular weight is 546 g/mol. The molecular formula is C21H23BrCl2SiZr-4. The average Bonchev–Trinajstić information content (AvgIpc) is 3.22. The fourth-order valence-corrected chi connectivity index (χ4v) is 3.29. The fraction of sp³-hybridized carbons (Fsp3) is 0.143. The van der Waals surface area contributed by atoms with Gasteiger partial charge in [-0.15, -0.1) is 54.5 Å². The molecule has 0 nitrogen and oxygen atoms in total. The van der Waals surface area contributed by atoms with Gasteiger partial charge in [-0.25, -0.2) is 12.2 Å². The zero-order valence-corrected chi connectivity index (χ0v) is 21.9. The molecule has 140 valence electrons. The number of benzene rings is 1. The van der Waals surface area contributed by atoms with Crippen LogP contribution < -0.4 is 0 Å². The van der Waals surface area contributed by atoms with Crippen LogP contribution in [0.2, 0.25) is 0 Å². The first-order valence-electron chi connectivity index (χ1n) is 6.99. The SMILES string of the molecule is CC1=[C-]C2=Cc3ccccc3C(Br)C2=C1.Cl.Cl.[C-]1=CC=CC1.[CH3-].[CH3-].[Si]=[Zr]. The summed E-state index contributed by atoms with van der Waals surface area (Å²) < 4.78 is 0. The molecule has 0 saturated heterocycles. The molecule has 1 unspecified atom stereocenters. The number of alkyl halides is 1. The van der Waals surface area contributed by atoms with E-state index in [1.807, 2.05) is 12.2 Å². The molecule has 1 aromatic carbocycles. The molecule has 0 N–H and O–H groups in total. The molecule has 4 rings (SSSR count). The van der Waals surface area contributed by atoms with Crippen molar-refractivity contribution < 1.29 is 23.3 Å². The van der Waals surface area contributed by atoms with E-state index >= 15 is 0 Å². The molecule has 0 bridgehead atoms. The first kappa shape index (κ1) is 30.8. The van der Waals surface area contributed by atoms with Crippen LogP contribution >= 0.6 is 40.7 Å². The number of hydrogen-bond donors (Lipinski definition) is 0. The third-order valence-corrected chi connectivity index (χ3v) is 4.43. The summed E-state index contributed by atoms with van der Waals surface area (Å²) in [6.07, 6.45) is 17.8. The Kier molecular flexibility index (Phi) is 19.0. The predicted molar refractivity (Wildman–Crippen MR) is 121 cm³/mol. The Balaban J connectivity index is -0.000000420. The van der Waals surface area contributed by atoms with E-state index in [4.69, 9.17) is 0 Å². The van der Waals surface area contributed by atoms with Crippen LogP contribution in [-0.2, 0) is 23.3 Å². The van der Waals surface area contributed by atoms with Crippen LogP contribution in [0.15, 0.2) is 65.3 Å². The minimum absolute atomic E-state index is 0. The minimum atomic E-state index is 0. The predicted octanol–water partition coefficient (Wildman–Crippen LogP) is 6.88. The molecule has 0 aliphatic heterocycles. The Bertz CT molecular complexity index is 696. The molecule has 0 spiro atoms. The summed E-state index contributed by atoms with van der Waals surface area (Å²) in [5, 5.41) is 0. The van der Waals surface area contributed by atoms with Gasteiger partial charge in [0.05, 0.1) is 0 Å². The van der Waals surface area contributed by atoms with Crippen LogP contribution in [0.5, 0.6) is 0 Å². The Hall–Kier alpha value is 0.0800. The van der Waals surface area contributed by atoms with Crippen LogP contribution in [0, 0.1) is 27.0 Å². The molecule has 26 heavy (non-hydrogen) atoms. The molecule has 0 saturated carbocycles. The number of rotatable bonds is 0. The first-order chi connectivity index (χ1) is 10.8. The van der Waals surface area contributed by atoms with Gasteiger partial charge in [-0.2, -0.15) is 17.7 Å². The van der Waals surface area contributed by atoms with Crippen molar-refractivity contribution >= 4 is 53.7 Å². The van der Waals surface area contributed by atoms with E-state index in [0.29, 0.717) is 4.83 Å². The van der Waals surface area contributed by atoms with Gasteiger partial charge in [0, 0.05) is 4.83 Å². The summed E-state index contributed by atoms with van der Waals surface area (Å²) >= 11 is 5.11. The van der Waals surface area contributed by atoms with Crippen LogP contribution in [0.1, 0.15) is 29.3 Å². The monoisotopic (exact) mass is 542 g/mol. The van der Waals surface area contributed by atoms with Crippen molar-refractivity contribution in [2.45, 2.75) is 18.2 Å². The van der Waals surface area contributed by atoms with Gasteiger partial charge in [0.1, 0.15) is 0 Å². The Morgan fingerprint density at radius 2 is 1.77 bits per heavy atom. The molecule has 3 aliphatic rings.